The molecule has 0 spiro atoms. The molecule has 0 bridgehead atoms. The number of hydrogen-bond donors (Lipinski definition) is 2. The lowest BCUT2D eigenvalue weighted by Gasteiger charge is -2.63. The van der Waals surface area contributed by atoms with Crippen molar-refractivity contribution in [3.8, 4) is 0 Å². The molecule has 4 saturated carbocycles. The Morgan fingerprint density at radius 3 is 2.54 bits per heavy atom. The fourth-order valence-electron chi connectivity index (χ4n) is 7.81. The largest absolute Gasteiger partial charge is 0.393 e. The zero-order valence-corrected chi connectivity index (χ0v) is 15.3. The zero-order valence-electron chi connectivity index (χ0n) is 15.3. The van der Waals surface area contributed by atoms with Gasteiger partial charge in [0.15, 0.2) is 0 Å². The summed E-state index contributed by atoms with van der Waals surface area (Å²) in [6, 6.07) is 0. The molecule has 0 heterocycles. The summed E-state index contributed by atoms with van der Waals surface area (Å²) < 4.78 is 0. The summed E-state index contributed by atoms with van der Waals surface area (Å²) in [7, 11) is 0. The molecule has 2 N–H and O–H groups in total. The molecule has 24 heavy (non-hydrogen) atoms. The van der Waals surface area contributed by atoms with Crippen LogP contribution < -0.4 is 0 Å². The summed E-state index contributed by atoms with van der Waals surface area (Å²) in [4.78, 5) is 11.1. The van der Waals surface area contributed by atoms with E-state index in [9.17, 15) is 15.0 Å². The van der Waals surface area contributed by atoms with E-state index in [1.165, 1.54) is 6.42 Å². The maximum atomic E-state index is 11.9. The highest BCUT2D eigenvalue weighted by Crippen LogP contribution is 2.69. The normalized spacial score (nSPS) is 56.9. The molecule has 4 rings (SSSR count). The second-order valence-corrected chi connectivity index (χ2v) is 9.94. The number of carbonyl (C=O) groups excluding carboxylic acids is 1. The van der Waals surface area contributed by atoms with Gasteiger partial charge in [-0.1, -0.05) is 13.8 Å². The van der Waals surface area contributed by atoms with Gasteiger partial charge in [0.05, 0.1) is 11.7 Å². The molecule has 8 atom stereocenters. The highest BCUT2D eigenvalue weighted by molar-refractivity contribution is 5.50. The minimum Gasteiger partial charge on any atom is -0.393 e. The molecule has 0 unspecified atom stereocenters. The van der Waals surface area contributed by atoms with Crippen LogP contribution in [0.2, 0.25) is 0 Å². The number of aliphatic hydroxyl groups excluding tert-OH is 1. The molecule has 0 aromatic carbocycles. The Hall–Kier alpha value is -0.410. The van der Waals surface area contributed by atoms with Crippen molar-refractivity contribution < 1.29 is 15.0 Å². The van der Waals surface area contributed by atoms with Crippen LogP contribution in [0.4, 0.5) is 0 Å². The molecule has 0 amide bonds. The van der Waals surface area contributed by atoms with E-state index in [-0.39, 0.29) is 11.5 Å². The van der Waals surface area contributed by atoms with Gasteiger partial charge in [0.2, 0.25) is 0 Å². The Balaban J connectivity index is 1.65. The van der Waals surface area contributed by atoms with E-state index in [1.807, 2.05) is 0 Å². The molecule has 136 valence electrons. The van der Waals surface area contributed by atoms with Crippen LogP contribution >= 0.6 is 0 Å². The van der Waals surface area contributed by atoms with Crippen LogP contribution in [-0.4, -0.2) is 28.2 Å². The molecule has 0 aliphatic heterocycles. The summed E-state index contributed by atoms with van der Waals surface area (Å²) in [6.45, 7) is 4.72. The molecule has 0 aromatic heterocycles. The van der Waals surface area contributed by atoms with E-state index in [2.05, 4.69) is 13.8 Å². The van der Waals surface area contributed by atoms with Crippen molar-refractivity contribution in [2.24, 2.45) is 34.5 Å². The smallest absolute Gasteiger partial charge is 0.120 e. The first-order valence-electron chi connectivity index (χ1n) is 10.2. The summed E-state index contributed by atoms with van der Waals surface area (Å²) in [5, 5.41) is 22.0. The molecule has 0 radical (unpaired) electrons. The number of hydrogen-bond acceptors (Lipinski definition) is 3. The Kier molecular flexibility index (Phi) is 3.93. The number of aliphatic hydroxyl groups is 2. The summed E-state index contributed by atoms with van der Waals surface area (Å²) >= 11 is 0. The van der Waals surface area contributed by atoms with Crippen LogP contribution in [0.5, 0.6) is 0 Å². The van der Waals surface area contributed by atoms with Gasteiger partial charge < -0.3 is 15.0 Å². The number of fused-ring (bicyclic) bond motifs is 5. The van der Waals surface area contributed by atoms with Crippen molar-refractivity contribution in [2.45, 2.75) is 89.8 Å². The van der Waals surface area contributed by atoms with Gasteiger partial charge in [0.25, 0.3) is 0 Å². The van der Waals surface area contributed by atoms with Gasteiger partial charge >= 0.3 is 0 Å². The average Bonchev–Trinajstić information content (AvgIpc) is 2.81. The average molecular weight is 335 g/mol. The van der Waals surface area contributed by atoms with Crippen LogP contribution in [0.15, 0.2) is 0 Å². The standard InChI is InChI=1S/C21H34O3/c1-19-9-6-16(23)13-15(19)3-4-18-17(19)7-10-20(2)14(8-12-22)5-11-21(18,20)24/h12,14-18,23-24H,3-11,13H2,1-2H3/t14-,15+,16-,17-,18+,19-,20+,21-/m0/s1. The van der Waals surface area contributed by atoms with Gasteiger partial charge in [-0.15, -0.1) is 0 Å². The number of carbonyl (C=O) groups is 1. The topological polar surface area (TPSA) is 57.5 Å². The molecule has 4 aliphatic carbocycles. The molecule has 4 fully saturated rings. The zero-order chi connectivity index (χ0) is 17.2. The molecule has 0 aromatic rings. The van der Waals surface area contributed by atoms with Gasteiger partial charge in [0.1, 0.15) is 6.29 Å². The maximum absolute atomic E-state index is 11.9. The monoisotopic (exact) mass is 334 g/mol. The minimum atomic E-state index is -0.576. The second-order valence-electron chi connectivity index (χ2n) is 9.94. The van der Waals surface area contributed by atoms with E-state index in [1.54, 1.807) is 0 Å². The van der Waals surface area contributed by atoms with Crippen molar-refractivity contribution >= 4 is 6.29 Å². The Morgan fingerprint density at radius 1 is 1.00 bits per heavy atom. The van der Waals surface area contributed by atoms with Crippen LogP contribution in [0.1, 0.15) is 78.1 Å². The van der Waals surface area contributed by atoms with Gasteiger partial charge in [-0.05, 0) is 92.3 Å². The Bertz CT molecular complexity index is 519. The first-order valence-corrected chi connectivity index (χ1v) is 10.2. The molecular formula is C21H34O3. The van der Waals surface area contributed by atoms with Gasteiger partial charge in [-0.25, -0.2) is 0 Å². The van der Waals surface area contributed by atoms with E-state index in [0.29, 0.717) is 35.5 Å². The molecule has 3 heteroatoms. The first-order chi connectivity index (χ1) is 11.3. The first kappa shape index (κ1) is 17.0. The quantitative estimate of drug-likeness (QED) is 0.757. The molecule has 0 saturated heterocycles. The predicted molar refractivity (Wildman–Crippen MR) is 93.4 cm³/mol. The van der Waals surface area contributed by atoms with E-state index < -0.39 is 5.60 Å². The Labute approximate surface area is 146 Å². The van der Waals surface area contributed by atoms with Crippen LogP contribution in [0, 0.1) is 34.5 Å². The van der Waals surface area contributed by atoms with Crippen LogP contribution in [0.3, 0.4) is 0 Å². The third kappa shape index (κ3) is 2.06. The van der Waals surface area contributed by atoms with Crippen molar-refractivity contribution in [3.63, 3.8) is 0 Å². The molecule has 3 nitrogen and oxygen atoms in total. The maximum Gasteiger partial charge on any atom is 0.120 e. The van der Waals surface area contributed by atoms with Gasteiger partial charge in [0, 0.05) is 6.42 Å². The SMILES string of the molecule is C[C@]12CC[C@H](O)C[C@H]1CC[C@@H]1[C@@H]2CC[C@]2(C)[C@H](CC=O)CC[C@]12O. The number of aldehydes is 1. The van der Waals surface area contributed by atoms with Crippen LogP contribution in [0.25, 0.3) is 0 Å². The number of rotatable bonds is 2. The molecule has 4 aliphatic rings. The fourth-order valence-corrected chi connectivity index (χ4v) is 7.81. The van der Waals surface area contributed by atoms with E-state index >= 15 is 0 Å². The van der Waals surface area contributed by atoms with Crippen molar-refractivity contribution in [2.75, 3.05) is 0 Å². The van der Waals surface area contributed by atoms with Crippen LogP contribution in [-0.2, 0) is 4.79 Å². The van der Waals surface area contributed by atoms with Gasteiger partial charge in [-0.2, -0.15) is 0 Å². The predicted octanol–water partition coefficient (Wildman–Crippen LogP) is 3.71. The third-order valence-corrected chi connectivity index (χ3v) is 9.40. The lowest BCUT2D eigenvalue weighted by molar-refractivity contribution is -0.210. The minimum absolute atomic E-state index is 0.0769. The summed E-state index contributed by atoms with van der Waals surface area (Å²) in [6.07, 6.45) is 11.0. The lowest BCUT2D eigenvalue weighted by atomic mass is 9.43. The van der Waals surface area contributed by atoms with Crippen molar-refractivity contribution in [1.82, 2.24) is 0 Å². The second kappa shape index (κ2) is 5.54. The van der Waals surface area contributed by atoms with E-state index in [4.69, 9.17) is 0 Å². The van der Waals surface area contributed by atoms with Crippen molar-refractivity contribution in [3.05, 3.63) is 0 Å². The van der Waals surface area contributed by atoms with Crippen molar-refractivity contribution in [1.29, 1.82) is 0 Å². The lowest BCUT2D eigenvalue weighted by Crippen LogP contribution is -2.62. The summed E-state index contributed by atoms with van der Waals surface area (Å²) in [5.41, 5.74) is -0.359. The fraction of sp³-hybridized carbons (Fsp3) is 0.952. The van der Waals surface area contributed by atoms with E-state index in [0.717, 1.165) is 57.7 Å². The highest BCUT2D eigenvalue weighted by Gasteiger charge is 2.66. The highest BCUT2D eigenvalue weighted by atomic mass is 16.3. The third-order valence-electron chi connectivity index (χ3n) is 9.40. The Morgan fingerprint density at radius 2 is 1.79 bits per heavy atom. The van der Waals surface area contributed by atoms with Gasteiger partial charge in [-0.3, -0.25) is 0 Å². The molecular weight excluding hydrogens is 300 g/mol. The summed E-state index contributed by atoms with van der Waals surface area (Å²) in [5.74, 6) is 1.98.